The van der Waals surface area contributed by atoms with Gasteiger partial charge in [-0.3, -0.25) is 9.69 Å². The zero-order valence-electron chi connectivity index (χ0n) is 15.9. The number of nitrogens with zero attached hydrogens (tertiary/aromatic N) is 1. The maximum atomic E-state index is 12.7. The molecule has 1 aliphatic heterocycles. The minimum Gasteiger partial charge on any atom is -0.492 e. The third-order valence-corrected chi connectivity index (χ3v) is 5.07. The first-order chi connectivity index (χ1) is 13.4. The molecule has 28 heavy (non-hydrogen) atoms. The molecule has 0 aliphatic carbocycles. The molecule has 3 rings (SSSR count). The number of imide groups is 1. The first kappa shape index (κ1) is 20.2. The highest BCUT2D eigenvalue weighted by Crippen LogP contribution is 2.34. The molecule has 0 saturated carbocycles. The predicted molar refractivity (Wildman–Crippen MR) is 115 cm³/mol. The minimum atomic E-state index is -0.426. The van der Waals surface area contributed by atoms with Crippen LogP contribution in [0.2, 0.25) is 0 Å². The number of ether oxygens (including phenoxy) is 2. The van der Waals surface area contributed by atoms with Gasteiger partial charge in [0.15, 0.2) is 11.5 Å². The zero-order chi connectivity index (χ0) is 20.3. The summed E-state index contributed by atoms with van der Waals surface area (Å²) in [5.41, 5.74) is 3.00. The Morgan fingerprint density at radius 1 is 1.18 bits per heavy atom. The fourth-order valence-electron chi connectivity index (χ4n) is 2.89. The van der Waals surface area contributed by atoms with Crippen LogP contribution in [0.5, 0.6) is 11.5 Å². The fourth-order valence-corrected chi connectivity index (χ4v) is 3.74. The van der Waals surface area contributed by atoms with Gasteiger partial charge in [0.2, 0.25) is 0 Å². The number of amides is 3. The van der Waals surface area contributed by atoms with Crippen molar-refractivity contribution in [2.24, 2.45) is 0 Å². The van der Waals surface area contributed by atoms with Crippen LogP contribution in [0.3, 0.4) is 0 Å². The van der Waals surface area contributed by atoms with E-state index in [0.717, 1.165) is 20.3 Å². The van der Waals surface area contributed by atoms with Crippen molar-refractivity contribution in [2.75, 3.05) is 13.7 Å². The van der Waals surface area contributed by atoms with Crippen molar-refractivity contribution in [2.45, 2.75) is 20.4 Å². The molecule has 1 N–H and O–H groups in total. The van der Waals surface area contributed by atoms with Crippen LogP contribution >= 0.6 is 22.6 Å². The van der Waals surface area contributed by atoms with Crippen LogP contribution in [-0.2, 0) is 11.3 Å². The van der Waals surface area contributed by atoms with Gasteiger partial charge in [-0.25, -0.2) is 4.79 Å². The smallest absolute Gasteiger partial charge is 0.329 e. The summed E-state index contributed by atoms with van der Waals surface area (Å²) in [4.78, 5) is 26.2. The van der Waals surface area contributed by atoms with E-state index in [-0.39, 0.29) is 18.1 Å². The molecular weight excluding hydrogens is 471 g/mol. The van der Waals surface area contributed by atoms with Gasteiger partial charge in [0.25, 0.3) is 5.91 Å². The molecule has 6 nitrogen and oxygen atoms in total. The highest BCUT2D eigenvalue weighted by Gasteiger charge is 2.33. The standard InChI is InChI=1S/C21H21IN2O4/c1-4-28-18-11-15(9-16(22)19(18)27-3)10-17-20(25)24(21(26)23-17)12-14-7-5-13(2)6-8-14/h5-11H,4,12H2,1-3H3,(H,23,26)/b17-10+. The number of nitrogens with one attached hydrogen (secondary N) is 1. The van der Waals surface area contributed by atoms with Crippen molar-refractivity contribution in [1.29, 1.82) is 0 Å². The average molecular weight is 492 g/mol. The number of halogens is 1. The Morgan fingerprint density at radius 2 is 1.89 bits per heavy atom. The molecule has 1 saturated heterocycles. The minimum absolute atomic E-state index is 0.229. The maximum Gasteiger partial charge on any atom is 0.329 e. The molecule has 0 atom stereocenters. The number of aryl methyl sites for hydroxylation is 1. The Kier molecular flexibility index (Phi) is 6.23. The summed E-state index contributed by atoms with van der Waals surface area (Å²) in [6.45, 7) is 4.60. The van der Waals surface area contributed by atoms with Gasteiger partial charge < -0.3 is 14.8 Å². The van der Waals surface area contributed by atoms with E-state index in [4.69, 9.17) is 9.47 Å². The third-order valence-electron chi connectivity index (χ3n) is 4.27. The van der Waals surface area contributed by atoms with Crippen LogP contribution in [0, 0.1) is 10.5 Å². The number of carbonyl (C=O) groups excluding carboxylic acids is 2. The summed E-state index contributed by atoms with van der Waals surface area (Å²) < 4.78 is 11.9. The van der Waals surface area contributed by atoms with Crippen molar-refractivity contribution in [3.05, 3.63) is 62.4 Å². The molecule has 3 amide bonds. The predicted octanol–water partition coefficient (Wildman–Crippen LogP) is 4.10. The quantitative estimate of drug-likeness (QED) is 0.375. The van der Waals surface area contributed by atoms with E-state index in [1.807, 2.05) is 44.2 Å². The number of carbonyl (C=O) groups is 2. The second kappa shape index (κ2) is 8.64. The van der Waals surface area contributed by atoms with Gasteiger partial charge >= 0.3 is 6.03 Å². The van der Waals surface area contributed by atoms with Gasteiger partial charge in [-0.2, -0.15) is 0 Å². The lowest BCUT2D eigenvalue weighted by Crippen LogP contribution is -2.30. The van der Waals surface area contributed by atoms with E-state index in [1.54, 1.807) is 19.3 Å². The van der Waals surface area contributed by atoms with Crippen molar-refractivity contribution in [3.63, 3.8) is 0 Å². The lowest BCUT2D eigenvalue weighted by molar-refractivity contribution is -0.123. The number of hydrogen-bond acceptors (Lipinski definition) is 4. The number of hydrogen-bond donors (Lipinski definition) is 1. The van der Waals surface area contributed by atoms with E-state index in [2.05, 4.69) is 27.9 Å². The van der Waals surface area contributed by atoms with E-state index in [9.17, 15) is 9.59 Å². The number of methoxy groups -OCH3 is 1. The van der Waals surface area contributed by atoms with Gasteiger partial charge in [0.1, 0.15) is 5.70 Å². The Hall–Kier alpha value is -2.55. The van der Waals surface area contributed by atoms with E-state index in [1.165, 1.54) is 4.90 Å². The summed E-state index contributed by atoms with van der Waals surface area (Å²) >= 11 is 2.15. The molecule has 2 aromatic rings. The Bertz CT molecular complexity index is 938. The van der Waals surface area contributed by atoms with E-state index in [0.29, 0.717) is 18.1 Å². The number of benzene rings is 2. The molecule has 2 aromatic carbocycles. The largest absolute Gasteiger partial charge is 0.492 e. The fraction of sp³-hybridized carbons (Fsp3) is 0.238. The van der Waals surface area contributed by atoms with Crippen LogP contribution < -0.4 is 14.8 Å². The molecule has 1 aliphatic rings. The van der Waals surface area contributed by atoms with Gasteiger partial charge in [-0.15, -0.1) is 0 Å². The van der Waals surface area contributed by atoms with Crippen molar-refractivity contribution in [3.8, 4) is 11.5 Å². The maximum absolute atomic E-state index is 12.7. The molecule has 0 aromatic heterocycles. The van der Waals surface area contributed by atoms with Crippen molar-refractivity contribution in [1.82, 2.24) is 10.2 Å². The SMILES string of the molecule is CCOc1cc(/C=C2/NC(=O)N(Cc3ccc(C)cc3)C2=O)cc(I)c1OC. The molecule has 146 valence electrons. The van der Waals surface area contributed by atoms with Crippen LogP contribution in [-0.4, -0.2) is 30.6 Å². The monoisotopic (exact) mass is 492 g/mol. The highest BCUT2D eigenvalue weighted by atomic mass is 127. The summed E-state index contributed by atoms with van der Waals surface area (Å²) in [6, 6.07) is 11.0. The van der Waals surface area contributed by atoms with Crippen LogP contribution in [0.4, 0.5) is 4.79 Å². The van der Waals surface area contributed by atoms with Crippen LogP contribution in [0.1, 0.15) is 23.6 Å². The molecule has 1 fully saturated rings. The number of urea groups is 1. The van der Waals surface area contributed by atoms with Gasteiger partial charge in [-0.1, -0.05) is 29.8 Å². The van der Waals surface area contributed by atoms with Crippen molar-refractivity contribution < 1.29 is 19.1 Å². The van der Waals surface area contributed by atoms with E-state index < -0.39 is 6.03 Å². The Balaban J connectivity index is 1.86. The van der Waals surface area contributed by atoms with Crippen molar-refractivity contribution >= 4 is 40.6 Å². The van der Waals surface area contributed by atoms with Crippen LogP contribution in [0.15, 0.2) is 42.1 Å². The van der Waals surface area contributed by atoms with Gasteiger partial charge in [0.05, 0.1) is 23.8 Å². The van der Waals surface area contributed by atoms with Gasteiger partial charge in [0, 0.05) is 0 Å². The molecule has 0 unspecified atom stereocenters. The average Bonchev–Trinajstić information content (AvgIpc) is 2.91. The molecule has 1 heterocycles. The topological polar surface area (TPSA) is 67.9 Å². The molecule has 7 heteroatoms. The number of rotatable bonds is 6. The molecule has 0 radical (unpaired) electrons. The van der Waals surface area contributed by atoms with Crippen LogP contribution in [0.25, 0.3) is 6.08 Å². The molecule has 0 bridgehead atoms. The summed E-state index contributed by atoms with van der Waals surface area (Å²) in [6.07, 6.45) is 1.65. The van der Waals surface area contributed by atoms with Gasteiger partial charge in [-0.05, 0) is 65.8 Å². The molecule has 0 spiro atoms. The second-order valence-electron chi connectivity index (χ2n) is 6.33. The lowest BCUT2D eigenvalue weighted by atomic mass is 10.1. The summed E-state index contributed by atoms with van der Waals surface area (Å²) in [7, 11) is 1.59. The second-order valence-corrected chi connectivity index (χ2v) is 7.49. The Morgan fingerprint density at radius 3 is 2.54 bits per heavy atom. The zero-order valence-corrected chi connectivity index (χ0v) is 18.1. The third kappa shape index (κ3) is 4.30. The first-order valence-corrected chi connectivity index (χ1v) is 9.91. The summed E-state index contributed by atoms with van der Waals surface area (Å²) in [5.74, 6) is 0.888. The normalized spacial score (nSPS) is 15.1. The molecular formula is C21H21IN2O4. The van der Waals surface area contributed by atoms with E-state index >= 15 is 0 Å². The first-order valence-electron chi connectivity index (χ1n) is 8.83. The highest BCUT2D eigenvalue weighted by molar-refractivity contribution is 14.1. The lowest BCUT2D eigenvalue weighted by Gasteiger charge is -2.12. The summed E-state index contributed by atoms with van der Waals surface area (Å²) in [5, 5.41) is 2.66. The Labute approximate surface area is 177 Å².